The third-order valence-corrected chi connectivity index (χ3v) is 8.20. The molecule has 3 fully saturated rings. The van der Waals surface area contributed by atoms with Crippen molar-refractivity contribution in [2.75, 3.05) is 62.3 Å². The van der Waals surface area contributed by atoms with Crippen LogP contribution in [0.1, 0.15) is 12.8 Å². The van der Waals surface area contributed by atoms with Gasteiger partial charge in [0.1, 0.15) is 28.5 Å². The molecule has 1 aliphatic carbocycles. The molecular weight excluding hydrogens is 553 g/mol. The zero-order valence-corrected chi connectivity index (χ0v) is 23.9. The Bertz CT molecular complexity index is 1500. The number of pyridine rings is 1. The highest BCUT2D eigenvalue weighted by Gasteiger charge is 2.56. The van der Waals surface area contributed by atoms with Gasteiger partial charge in [0, 0.05) is 69.3 Å². The Hall–Kier alpha value is -4.55. The van der Waals surface area contributed by atoms with Gasteiger partial charge in [-0.15, -0.1) is 0 Å². The predicted octanol–water partition coefficient (Wildman–Crippen LogP) is 3.83. The summed E-state index contributed by atoms with van der Waals surface area (Å²) in [6.45, 7) is 5.10. The highest BCUT2D eigenvalue weighted by molar-refractivity contribution is 6.16. The maximum Gasteiger partial charge on any atom is 0.323 e. The number of aromatic nitrogens is 1. The van der Waals surface area contributed by atoms with E-state index in [1.807, 2.05) is 6.07 Å². The number of piperazine rings is 1. The molecule has 0 bridgehead atoms. The molecule has 224 valence electrons. The zero-order valence-electron chi connectivity index (χ0n) is 23.9. The number of nitrogens with one attached hydrogen (secondary N) is 3. The van der Waals surface area contributed by atoms with Gasteiger partial charge in [-0.1, -0.05) is 18.2 Å². The van der Waals surface area contributed by atoms with Crippen LogP contribution >= 0.6 is 0 Å². The second-order valence-corrected chi connectivity index (χ2v) is 11.3. The summed E-state index contributed by atoms with van der Waals surface area (Å²) in [7, 11) is 2.11. The Balaban J connectivity index is 1.02. The lowest BCUT2D eigenvalue weighted by molar-refractivity contribution is -0.131. The van der Waals surface area contributed by atoms with E-state index in [2.05, 4.69) is 37.8 Å². The first-order valence-electron chi connectivity index (χ1n) is 14.4. The minimum Gasteiger partial charge on any atom is -0.457 e. The van der Waals surface area contributed by atoms with Crippen molar-refractivity contribution >= 4 is 35.0 Å². The normalized spacial score (nSPS) is 18.3. The molecule has 0 unspecified atom stereocenters. The van der Waals surface area contributed by atoms with Gasteiger partial charge in [0.15, 0.2) is 0 Å². The van der Waals surface area contributed by atoms with E-state index in [1.54, 1.807) is 41.3 Å². The van der Waals surface area contributed by atoms with Crippen molar-refractivity contribution in [2.24, 2.45) is 5.41 Å². The Kier molecular flexibility index (Phi) is 7.96. The van der Waals surface area contributed by atoms with Crippen LogP contribution in [0.25, 0.3) is 0 Å². The van der Waals surface area contributed by atoms with Gasteiger partial charge in [-0.05, 0) is 50.2 Å². The quantitative estimate of drug-likeness (QED) is 0.343. The highest BCUT2D eigenvalue weighted by atomic mass is 19.1. The number of likely N-dealkylation sites (tertiary alicyclic amines) is 1. The summed E-state index contributed by atoms with van der Waals surface area (Å²) in [5.41, 5.74) is -0.687. The first-order valence-corrected chi connectivity index (χ1v) is 14.4. The van der Waals surface area contributed by atoms with Crippen molar-refractivity contribution in [1.29, 1.82) is 0 Å². The van der Waals surface area contributed by atoms with E-state index in [4.69, 9.17) is 4.74 Å². The molecule has 1 saturated carbocycles. The van der Waals surface area contributed by atoms with E-state index >= 15 is 0 Å². The molecule has 3 aliphatic rings. The number of carbonyl (C=O) groups excluding carboxylic acids is 3. The number of benzene rings is 2. The van der Waals surface area contributed by atoms with Crippen molar-refractivity contribution in [1.82, 2.24) is 19.7 Å². The molecule has 1 aromatic heterocycles. The van der Waals surface area contributed by atoms with Gasteiger partial charge in [0.05, 0.1) is 5.69 Å². The van der Waals surface area contributed by atoms with E-state index < -0.39 is 23.0 Å². The SMILES string of the molecule is CN1CC(N2CCN(C(=O)Nc3cc(Oc4ccc(NC(=O)C5(C(=O)Nc6ccccc6)CC5)c(F)c4)ccn3)CC2)C1. The average Bonchev–Trinajstić information content (AvgIpc) is 3.80. The molecular formula is C31H34FN7O4. The van der Waals surface area contributed by atoms with Gasteiger partial charge in [-0.25, -0.2) is 14.2 Å². The van der Waals surface area contributed by atoms with E-state index in [0.717, 1.165) is 32.2 Å². The molecule has 11 nitrogen and oxygen atoms in total. The molecule has 0 spiro atoms. The van der Waals surface area contributed by atoms with E-state index in [0.29, 0.717) is 49.2 Å². The van der Waals surface area contributed by atoms with E-state index in [-0.39, 0.29) is 17.5 Å². The summed E-state index contributed by atoms with van der Waals surface area (Å²) in [4.78, 5) is 49.3. The number of likely N-dealkylation sites (N-methyl/N-ethyl adjacent to an activating group) is 1. The molecule has 2 saturated heterocycles. The van der Waals surface area contributed by atoms with Crippen LogP contribution < -0.4 is 20.7 Å². The van der Waals surface area contributed by atoms with Crippen molar-refractivity contribution in [3.05, 3.63) is 72.7 Å². The lowest BCUT2D eigenvalue weighted by Gasteiger charge is -2.46. The number of hydrogen-bond acceptors (Lipinski definition) is 7. The molecule has 4 amide bonds. The van der Waals surface area contributed by atoms with Gasteiger partial charge in [-0.2, -0.15) is 0 Å². The minimum atomic E-state index is -1.23. The van der Waals surface area contributed by atoms with Crippen LogP contribution in [0, 0.1) is 11.2 Å². The number of hydrogen-bond donors (Lipinski definition) is 3. The molecule has 12 heteroatoms. The van der Waals surface area contributed by atoms with Gasteiger partial charge >= 0.3 is 6.03 Å². The number of amides is 4. The summed E-state index contributed by atoms with van der Waals surface area (Å²) in [5, 5.41) is 8.13. The number of ether oxygens (including phenoxy) is 1. The molecule has 43 heavy (non-hydrogen) atoms. The fourth-order valence-electron chi connectivity index (χ4n) is 5.41. The molecule has 3 aromatic rings. The van der Waals surface area contributed by atoms with E-state index in [9.17, 15) is 18.8 Å². The molecule has 0 radical (unpaired) electrons. The van der Waals surface area contributed by atoms with Gasteiger partial charge < -0.3 is 25.2 Å². The minimum absolute atomic E-state index is 0.0526. The monoisotopic (exact) mass is 587 g/mol. The summed E-state index contributed by atoms with van der Waals surface area (Å²) in [6.07, 6.45) is 2.27. The highest BCUT2D eigenvalue weighted by Crippen LogP contribution is 2.47. The van der Waals surface area contributed by atoms with Crippen LogP contribution in [0.3, 0.4) is 0 Å². The fraction of sp³-hybridized carbons (Fsp3) is 0.355. The maximum atomic E-state index is 15.0. The average molecular weight is 588 g/mol. The molecule has 6 rings (SSSR count). The third-order valence-electron chi connectivity index (χ3n) is 8.20. The van der Waals surface area contributed by atoms with Gasteiger partial charge in [-0.3, -0.25) is 19.8 Å². The molecule has 2 aromatic carbocycles. The summed E-state index contributed by atoms with van der Waals surface area (Å²) in [6, 6.07) is 16.4. The number of halogens is 1. The van der Waals surface area contributed by atoms with Crippen LogP contribution in [0.15, 0.2) is 66.9 Å². The maximum absolute atomic E-state index is 15.0. The lowest BCUT2D eigenvalue weighted by atomic mass is 10.0. The van der Waals surface area contributed by atoms with Crippen LogP contribution in [0.4, 0.5) is 26.4 Å². The number of para-hydroxylation sites is 1. The molecule has 3 N–H and O–H groups in total. The fourth-order valence-corrected chi connectivity index (χ4v) is 5.41. The van der Waals surface area contributed by atoms with Crippen molar-refractivity contribution < 1.29 is 23.5 Å². The van der Waals surface area contributed by atoms with Crippen molar-refractivity contribution in [3.63, 3.8) is 0 Å². The second-order valence-electron chi connectivity index (χ2n) is 11.3. The Morgan fingerprint density at radius 1 is 0.884 bits per heavy atom. The lowest BCUT2D eigenvalue weighted by Crippen LogP contribution is -2.62. The van der Waals surface area contributed by atoms with Crippen LogP contribution in [-0.4, -0.2) is 89.9 Å². The molecule has 2 aliphatic heterocycles. The van der Waals surface area contributed by atoms with Crippen LogP contribution in [0.2, 0.25) is 0 Å². The first kappa shape index (κ1) is 28.6. The van der Waals surface area contributed by atoms with Crippen LogP contribution in [-0.2, 0) is 9.59 Å². The number of anilines is 3. The standard InChI is InChI=1S/C31H34FN7O4/c1-37-19-22(20-37)38-13-15-39(16-14-38)30(42)36-27-18-24(9-12-33-27)43-23-7-8-26(25(32)17-23)35-29(41)31(10-11-31)28(40)34-21-5-3-2-4-6-21/h2-9,12,17-18,22H,10-11,13-16,19-20H2,1H3,(H,34,40)(H,35,41)(H,33,36,42). The summed E-state index contributed by atoms with van der Waals surface area (Å²) >= 11 is 0. The third kappa shape index (κ3) is 6.45. The smallest absolute Gasteiger partial charge is 0.323 e. The number of nitrogens with zero attached hydrogens (tertiary/aromatic N) is 4. The zero-order chi connectivity index (χ0) is 30.0. The first-order chi connectivity index (χ1) is 20.8. The van der Waals surface area contributed by atoms with Gasteiger partial charge in [0.2, 0.25) is 11.8 Å². The van der Waals surface area contributed by atoms with Crippen molar-refractivity contribution in [3.8, 4) is 11.5 Å². The number of urea groups is 1. The summed E-state index contributed by atoms with van der Waals surface area (Å²) in [5.74, 6) is -0.811. The number of carbonyl (C=O) groups is 3. The van der Waals surface area contributed by atoms with E-state index in [1.165, 1.54) is 18.3 Å². The van der Waals surface area contributed by atoms with Crippen molar-refractivity contribution in [2.45, 2.75) is 18.9 Å². The topological polar surface area (TPSA) is 119 Å². The van der Waals surface area contributed by atoms with Gasteiger partial charge in [0.25, 0.3) is 0 Å². The summed E-state index contributed by atoms with van der Waals surface area (Å²) < 4.78 is 20.8. The molecule has 3 heterocycles. The Morgan fingerprint density at radius 3 is 2.26 bits per heavy atom. The number of rotatable bonds is 8. The Labute approximate surface area is 249 Å². The Morgan fingerprint density at radius 2 is 1.58 bits per heavy atom. The largest absolute Gasteiger partial charge is 0.457 e. The second kappa shape index (κ2) is 12.0. The van der Waals surface area contributed by atoms with Crippen LogP contribution in [0.5, 0.6) is 11.5 Å². The predicted molar refractivity (Wildman–Crippen MR) is 160 cm³/mol. The molecule has 0 atom stereocenters.